The second-order valence-electron chi connectivity index (χ2n) is 4.99. The van der Waals surface area contributed by atoms with Gasteiger partial charge < -0.3 is 25.2 Å². The van der Waals surface area contributed by atoms with Crippen molar-refractivity contribution in [3.63, 3.8) is 0 Å². The van der Waals surface area contributed by atoms with E-state index >= 15 is 0 Å². The summed E-state index contributed by atoms with van der Waals surface area (Å²) in [4.78, 5) is 0. The summed E-state index contributed by atoms with van der Waals surface area (Å²) < 4.78 is 5.27. The Balaban J connectivity index is 3.30. The number of hydrogen-bond acceptors (Lipinski definition) is 5. The first-order valence-electron chi connectivity index (χ1n) is 7.36. The summed E-state index contributed by atoms with van der Waals surface area (Å²) in [5.41, 5.74) is 0. The molecule has 0 aromatic carbocycles. The fourth-order valence-electron chi connectivity index (χ4n) is 1.84. The van der Waals surface area contributed by atoms with E-state index in [1.54, 1.807) is 0 Å². The third-order valence-electron chi connectivity index (χ3n) is 3.01. The smallest absolute Gasteiger partial charge is 0.0773 e. The molecule has 19 heavy (non-hydrogen) atoms. The minimum absolute atomic E-state index is 0.203. The molecule has 5 heteroatoms. The van der Waals surface area contributed by atoms with Crippen LogP contribution < -0.4 is 0 Å². The molecule has 0 aliphatic carbocycles. The summed E-state index contributed by atoms with van der Waals surface area (Å²) in [6.45, 7) is 0.920. The average molecular weight is 278 g/mol. The molecule has 0 aliphatic rings. The third kappa shape index (κ3) is 14.0. The second-order valence-corrected chi connectivity index (χ2v) is 4.99. The highest BCUT2D eigenvalue weighted by Gasteiger charge is 2.07. The van der Waals surface area contributed by atoms with Crippen LogP contribution in [0.25, 0.3) is 0 Å². The highest BCUT2D eigenvalue weighted by atomic mass is 16.5. The van der Waals surface area contributed by atoms with Crippen molar-refractivity contribution in [1.82, 2.24) is 0 Å². The zero-order chi connectivity index (χ0) is 14.3. The predicted octanol–water partition coefficient (Wildman–Crippen LogP) is 0.830. The van der Waals surface area contributed by atoms with Crippen LogP contribution in [-0.4, -0.2) is 59.1 Å². The van der Waals surface area contributed by atoms with E-state index in [4.69, 9.17) is 14.9 Å². The Hall–Kier alpha value is -0.200. The Kier molecular flexibility index (Phi) is 14.1. The highest BCUT2D eigenvalue weighted by molar-refractivity contribution is 4.58. The summed E-state index contributed by atoms with van der Waals surface area (Å²) in [5.74, 6) is 0. The Labute approximate surface area is 116 Å². The molecule has 116 valence electrons. The predicted molar refractivity (Wildman–Crippen MR) is 73.9 cm³/mol. The molecule has 2 unspecified atom stereocenters. The van der Waals surface area contributed by atoms with Crippen molar-refractivity contribution in [2.45, 2.75) is 63.6 Å². The highest BCUT2D eigenvalue weighted by Crippen LogP contribution is 2.06. The maximum Gasteiger partial charge on any atom is 0.0773 e. The van der Waals surface area contributed by atoms with E-state index in [9.17, 15) is 10.2 Å². The molecular formula is C14H30O5. The van der Waals surface area contributed by atoms with Crippen LogP contribution >= 0.6 is 0 Å². The van der Waals surface area contributed by atoms with Gasteiger partial charge in [0.15, 0.2) is 0 Å². The monoisotopic (exact) mass is 278 g/mol. The molecule has 2 atom stereocenters. The third-order valence-corrected chi connectivity index (χ3v) is 3.01. The molecule has 0 heterocycles. The summed E-state index contributed by atoms with van der Waals surface area (Å²) in [7, 11) is 0. The quantitative estimate of drug-likeness (QED) is 0.353. The van der Waals surface area contributed by atoms with Crippen LogP contribution in [0.5, 0.6) is 0 Å². The topological polar surface area (TPSA) is 90.2 Å². The lowest BCUT2D eigenvalue weighted by Gasteiger charge is -2.14. The van der Waals surface area contributed by atoms with Crippen molar-refractivity contribution in [2.24, 2.45) is 0 Å². The molecule has 0 saturated heterocycles. The lowest BCUT2D eigenvalue weighted by atomic mass is 10.1. The molecule has 0 aromatic rings. The molecule has 0 bridgehead atoms. The van der Waals surface area contributed by atoms with Crippen LogP contribution in [-0.2, 0) is 4.74 Å². The van der Waals surface area contributed by atoms with Gasteiger partial charge in [-0.3, -0.25) is 0 Å². The molecule has 4 N–H and O–H groups in total. The van der Waals surface area contributed by atoms with Crippen LogP contribution in [0.2, 0.25) is 0 Å². The van der Waals surface area contributed by atoms with Gasteiger partial charge in [0, 0.05) is 13.2 Å². The average Bonchev–Trinajstić information content (AvgIpc) is 2.40. The molecule has 0 aliphatic heterocycles. The van der Waals surface area contributed by atoms with Crippen molar-refractivity contribution >= 4 is 0 Å². The van der Waals surface area contributed by atoms with E-state index in [0.29, 0.717) is 12.8 Å². The van der Waals surface area contributed by atoms with Crippen molar-refractivity contribution in [3.8, 4) is 0 Å². The van der Waals surface area contributed by atoms with Crippen LogP contribution in [0.15, 0.2) is 0 Å². The molecule has 0 radical (unpaired) electrons. The van der Waals surface area contributed by atoms with Crippen molar-refractivity contribution in [3.05, 3.63) is 0 Å². The Morgan fingerprint density at radius 2 is 1.05 bits per heavy atom. The molecule has 5 nitrogen and oxygen atoms in total. The number of rotatable bonds is 14. The molecule has 0 amide bonds. The molecule has 0 spiro atoms. The van der Waals surface area contributed by atoms with E-state index in [1.807, 2.05) is 0 Å². The second kappa shape index (κ2) is 14.2. The van der Waals surface area contributed by atoms with E-state index in [1.165, 1.54) is 0 Å². The Morgan fingerprint density at radius 1 is 0.632 bits per heavy atom. The number of aliphatic hydroxyl groups excluding tert-OH is 4. The van der Waals surface area contributed by atoms with Gasteiger partial charge >= 0.3 is 0 Å². The van der Waals surface area contributed by atoms with Crippen LogP contribution in [0, 0.1) is 0 Å². The molecular weight excluding hydrogens is 248 g/mol. The lowest BCUT2D eigenvalue weighted by Crippen LogP contribution is -2.21. The summed E-state index contributed by atoms with van der Waals surface area (Å²) in [6, 6.07) is 0. The first kappa shape index (κ1) is 18.8. The molecule has 0 fully saturated rings. The SMILES string of the molecule is OCCCCCC(O)COCC(O)CCCCCO. The first-order valence-corrected chi connectivity index (χ1v) is 7.36. The zero-order valence-corrected chi connectivity index (χ0v) is 11.8. The maximum atomic E-state index is 9.61. The zero-order valence-electron chi connectivity index (χ0n) is 11.8. The molecule has 0 rings (SSSR count). The first-order chi connectivity index (χ1) is 9.20. The van der Waals surface area contributed by atoms with E-state index < -0.39 is 12.2 Å². The van der Waals surface area contributed by atoms with Crippen LogP contribution in [0.3, 0.4) is 0 Å². The Morgan fingerprint density at radius 3 is 1.42 bits per heavy atom. The van der Waals surface area contributed by atoms with Gasteiger partial charge in [0.2, 0.25) is 0 Å². The standard InChI is InChI=1S/C14H30O5/c15-9-5-1-3-7-13(17)11-19-12-14(18)8-4-2-6-10-16/h13-18H,1-12H2. The Bertz CT molecular complexity index is 159. The minimum Gasteiger partial charge on any atom is -0.396 e. The van der Waals surface area contributed by atoms with E-state index in [2.05, 4.69) is 0 Å². The van der Waals surface area contributed by atoms with Crippen molar-refractivity contribution in [2.75, 3.05) is 26.4 Å². The summed E-state index contributed by atoms with van der Waals surface area (Å²) >= 11 is 0. The number of hydrogen-bond donors (Lipinski definition) is 4. The lowest BCUT2D eigenvalue weighted by molar-refractivity contribution is -0.0130. The fourth-order valence-corrected chi connectivity index (χ4v) is 1.84. The minimum atomic E-state index is -0.486. The van der Waals surface area contributed by atoms with Gasteiger partial charge in [-0.15, -0.1) is 0 Å². The van der Waals surface area contributed by atoms with Crippen molar-refractivity contribution < 1.29 is 25.2 Å². The van der Waals surface area contributed by atoms with Gasteiger partial charge in [-0.25, -0.2) is 0 Å². The number of aliphatic hydroxyl groups is 4. The van der Waals surface area contributed by atoms with Gasteiger partial charge in [0.05, 0.1) is 25.4 Å². The van der Waals surface area contributed by atoms with Gasteiger partial charge in [0.1, 0.15) is 0 Å². The number of unbranched alkanes of at least 4 members (excludes halogenated alkanes) is 4. The van der Waals surface area contributed by atoms with Crippen molar-refractivity contribution in [1.29, 1.82) is 0 Å². The molecule has 0 saturated carbocycles. The van der Waals surface area contributed by atoms with Gasteiger partial charge in [-0.05, 0) is 25.7 Å². The largest absolute Gasteiger partial charge is 0.396 e. The van der Waals surface area contributed by atoms with E-state index in [-0.39, 0.29) is 26.4 Å². The van der Waals surface area contributed by atoms with Gasteiger partial charge in [0.25, 0.3) is 0 Å². The normalized spacial score (nSPS) is 14.5. The van der Waals surface area contributed by atoms with E-state index in [0.717, 1.165) is 38.5 Å². The molecule has 0 aromatic heterocycles. The number of ether oxygens (including phenoxy) is 1. The maximum absolute atomic E-state index is 9.61. The van der Waals surface area contributed by atoms with Gasteiger partial charge in [-0.2, -0.15) is 0 Å². The van der Waals surface area contributed by atoms with Gasteiger partial charge in [-0.1, -0.05) is 25.7 Å². The summed E-state index contributed by atoms with van der Waals surface area (Å²) in [5, 5.41) is 36.4. The fraction of sp³-hybridized carbons (Fsp3) is 1.00. The summed E-state index contributed by atoms with van der Waals surface area (Å²) in [6.07, 6.45) is 5.53. The van der Waals surface area contributed by atoms with Crippen LogP contribution in [0.4, 0.5) is 0 Å². The van der Waals surface area contributed by atoms with Crippen LogP contribution in [0.1, 0.15) is 51.4 Å².